The van der Waals surface area contributed by atoms with Gasteiger partial charge >= 0.3 is 23.9 Å². The second kappa shape index (κ2) is 74.4. The second-order valence-electron chi connectivity index (χ2n) is 29.8. The fourth-order valence-corrected chi connectivity index (χ4v) is 13.2. The van der Waals surface area contributed by atoms with Crippen molar-refractivity contribution in [2.24, 2.45) is 0 Å². The molecule has 1 heterocycles. The van der Waals surface area contributed by atoms with Gasteiger partial charge in [0.2, 0.25) is 0 Å². The minimum absolute atomic E-state index is 0.113. The summed E-state index contributed by atoms with van der Waals surface area (Å²) in [6.45, 7) is 14.0. The number of nitrogens with zero attached hydrogens (tertiary/aromatic N) is 4. The number of β-amino-alcohol motifs (C(OH)–C–C–N with tert-alkyl or cyclic N) is 4. The summed E-state index contributed by atoms with van der Waals surface area (Å²) in [6.07, 6.45) is 67.4. The Kier molecular flexibility index (Phi) is 70.4. The van der Waals surface area contributed by atoms with Gasteiger partial charge in [-0.05, 0) is 167 Å². The second-order valence-corrected chi connectivity index (χ2v) is 29.8. The van der Waals surface area contributed by atoms with Gasteiger partial charge in [0.15, 0.2) is 0 Å². The zero-order chi connectivity index (χ0) is 74.1. The van der Waals surface area contributed by atoms with Gasteiger partial charge in [-0.3, -0.25) is 38.8 Å². The lowest BCUT2D eigenvalue weighted by molar-refractivity contribution is -0.148. The van der Waals surface area contributed by atoms with Crippen LogP contribution in [0.15, 0.2) is 48.6 Å². The first kappa shape index (κ1) is 96.5. The van der Waals surface area contributed by atoms with Gasteiger partial charge in [-0.15, -0.1) is 0 Å². The van der Waals surface area contributed by atoms with Crippen LogP contribution in [0.2, 0.25) is 0 Å². The van der Waals surface area contributed by atoms with Crippen molar-refractivity contribution in [1.29, 1.82) is 0 Å². The van der Waals surface area contributed by atoms with Crippen LogP contribution in [0.3, 0.4) is 0 Å². The summed E-state index contributed by atoms with van der Waals surface area (Å²) in [4.78, 5) is 60.4. The monoisotopic (exact) mass is 1440 g/mol. The first-order valence-corrected chi connectivity index (χ1v) is 42.7. The molecule has 4 atom stereocenters. The molecule has 0 aromatic rings. The number of hydrogen-bond donors (Lipinski definition) is 4. The summed E-state index contributed by atoms with van der Waals surface area (Å²) in [5, 5.41) is 45.8. The molecule has 0 aromatic heterocycles. The molecule has 0 aromatic carbocycles. The summed E-state index contributed by atoms with van der Waals surface area (Å²) in [5.41, 5.74) is 0. The van der Waals surface area contributed by atoms with Crippen LogP contribution in [0.5, 0.6) is 0 Å². The first-order chi connectivity index (χ1) is 49.9. The highest BCUT2D eigenvalue weighted by atomic mass is 16.6. The summed E-state index contributed by atoms with van der Waals surface area (Å²) in [6, 6.07) is 0. The van der Waals surface area contributed by atoms with Crippen LogP contribution in [0.4, 0.5) is 0 Å². The van der Waals surface area contributed by atoms with Crippen LogP contribution < -0.4 is 0 Å². The maximum atomic E-state index is 12.9. The number of allylic oxidation sites excluding steroid dienone is 8. The Morgan fingerprint density at radius 1 is 0.255 bits per heavy atom. The molecule has 1 aliphatic heterocycles. The number of carbonyl (C=O) groups excluding carboxylic acids is 4. The Labute approximate surface area is 625 Å². The summed E-state index contributed by atoms with van der Waals surface area (Å²) < 4.78 is 22.6. The highest BCUT2D eigenvalue weighted by Crippen LogP contribution is 2.17. The lowest BCUT2D eigenvalue weighted by Gasteiger charge is -2.34. The third-order valence-corrected chi connectivity index (χ3v) is 19.6. The van der Waals surface area contributed by atoms with E-state index < -0.39 is 24.4 Å². The van der Waals surface area contributed by atoms with Gasteiger partial charge in [0.25, 0.3) is 0 Å². The first-order valence-electron chi connectivity index (χ1n) is 42.7. The molecule has 102 heavy (non-hydrogen) atoms. The van der Waals surface area contributed by atoms with E-state index in [1.54, 1.807) is 0 Å². The van der Waals surface area contributed by atoms with Crippen molar-refractivity contribution in [1.82, 2.24) is 19.6 Å². The maximum Gasteiger partial charge on any atom is 0.305 e. The molecule has 4 unspecified atom stereocenters. The van der Waals surface area contributed by atoms with E-state index in [4.69, 9.17) is 18.9 Å². The molecule has 596 valence electrons. The van der Waals surface area contributed by atoms with E-state index in [1.165, 1.54) is 128 Å². The standard InChI is InChI=1S/C86H160N4O12/c1-5-9-13-17-21-25-29-33-37-41-45-49-53-59-83(95)99-75-79(91)71-87-63-57-64-89(73-81(93)77-101-85(97)61-55-51-47-43-39-35-31-27-23-19-15-11-7-3)69-70-90(74-82(94)78-102-86(98)62-56-52-48-44-40-36-32-28-24-20-16-12-8-4)66-58-65-88(68-67-87)72-80(92)76-100-84(96)60-54-50-46-42-38-34-30-26-22-18-14-10-6-2/h25-32,79-82,91-94H,5-24,33-78H2,1-4H3/b29-25-,30-26-,31-27-,32-28-. The van der Waals surface area contributed by atoms with Crippen molar-refractivity contribution < 1.29 is 58.6 Å². The van der Waals surface area contributed by atoms with Gasteiger partial charge < -0.3 is 39.4 Å². The van der Waals surface area contributed by atoms with E-state index in [9.17, 15) is 39.6 Å². The predicted octanol–water partition coefficient (Wildman–Crippen LogP) is 18.6. The topological polar surface area (TPSA) is 199 Å². The molecule has 0 aliphatic carbocycles. The molecular formula is C86H160N4O12. The van der Waals surface area contributed by atoms with Crippen LogP contribution in [-0.4, -0.2) is 193 Å². The number of hydrogen-bond acceptors (Lipinski definition) is 16. The molecule has 0 saturated carbocycles. The van der Waals surface area contributed by atoms with Crippen molar-refractivity contribution in [2.45, 2.75) is 373 Å². The van der Waals surface area contributed by atoms with Crippen molar-refractivity contribution >= 4 is 23.9 Å². The quantitative estimate of drug-likeness (QED) is 0.0194. The van der Waals surface area contributed by atoms with Crippen LogP contribution >= 0.6 is 0 Å². The zero-order valence-electron chi connectivity index (χ0n) is 66.4. The number of rotatable bonds is 68. The van der Waals surface area contributed by atoms with E-state index in [2.05, 4.69) is 95.9 Å². The van der Waals surface area contributed by atoms with Gasteiger partial charge in [0.05, 0.1) is 0 Å². The molecule has 0 radical (unpaired) electrons. The predicted molar refractivity (Wildman–Crippen MR) is 424 cm³/mol. The molecule has 16 heteroatoms. The normalized spacial score (nSPS) is 15.8. The molecule has 0 spiro atoms. The molecule has 0 bridgehead atoms. The molecule has 4 N–H and O–H groups in total. The molecule has 1 rings (SSSR count). The lowest BCUT2D eigenvalue weighted by atomic mass is 10.1. The maximum absolute atomic E-state index is 12.9. The van der Waals surface area contributed by atoms with E-state index in [0.29, 0.717) is 90.9 Å². The molecule has 1 aliphatic rings. The van der Waals surface area contributed by atoms with Crippen molar-refractivity contribution in [3.63, 3.8) is 0 Å². The number of carbonyl (C=O) groups is 4. The van der Waals surface area contributed by atoms with Crippen LogP contribution in [0.25, 0.3) is 0 Å². The summed E-state index contributed by atoms with van der Waals surface area (Å²) in [7, 11) is 0. The molecule has 0 amide bonds. The smallest absolute Gasteiger partial charge is 0.305 e. The van der Waals surface area contributed by atoms with E-state index in [1.807, 2.05) is 0 Å². The highest BCUT2D eigenvalue weighted by Gasteiger charge is 2.23. The molecule has 16 nitrogen and oxygen atoms in total. The number of aliphatic hydroxyl groups excluding tert-OH is 4. The fourth-order valence-electron chi connectivity index (χ4n) is 13.2. The largest absolute Gasteiger partial charge is 0.463 e. The molecular weight excluding hydrogens is 1280 g/mol. The van der Waals surface area contributed by atoms with Crippen LogP contribution in [0, 0.1) is 0 Å². The minimum atomic E-state index is -0.931. The van der Waals surface area contributed by atoms with Gasteiger partial charge in [-0.1, -0.05) is 230 Å². The summed E-state index contributed by atoms with van der Waals surface area (Å²) >= 11 is 0. The van der Waals surface area contributed by atoms with Crippen LogP contribution in [0.1, 0.15) is 349 Å². The molecule has 1 fully saturated rings. The number of esters is 4. The van der Waals surface area contributed by atoms with Gasteiger partial charge in [0, 0.05) is 78.0 Å². The van der Waals surface area contributed by atoms with E-state index in [0.717, 1.165) is 154 Å². The third-order valence-electron chi connectivity index (χ3n) is 19.6. The van der Waals surface area contributed by atoms with Crippen molar-refractivity contribution in [3.05, 3.63) is 48.6 Å². The Morgan fingerprint density at radius 3 is 0.608 bits per heavy atom. The zero-order valence-corrected chi connectivity index (χ0v) is 66.4. The number of unbranched alkanes of at least 4 members (excludes halogenated alkanes) is 36. The van der Waals surface area contributed by atoms with E-state index >= 15 is 0 Å². The Bertz CT molecular complexity index is 1730. The number of aliphatic hydroxyl groups is 4. The highest BCUT2D eigenvalue weighted by molar-refractivity contribution is 5.70. The fraction of sp³-hybridized carbons (Fsp3) is 0.860. The van der Waals surface area contributed by atoms with Crippen molar-refractivity contribution in [2.75, 3.05) is 105 Å². The van der Waals surface area contributed by atoms with Gasteiger partial charge in [0.1, 0.15) is 50.8 Å². The van der Waals surface area contributed by atoms with Crippen molar-refractivity contribution in [3.8, 4) is 0 Å². The van der Waals surface area contributed by atoms with Gasteiger partial charge in [-0.25, -0.2) is 0 Å². The lowest BCUT2D eigenvalue weighted by Crippen LogP contribution is -2.47. The average molecular weight is 1440 g/mol. The van der Waals surface area contributed by atoms with E-state index in [-0.39, 0.29) is 76.5 Å². The van der Waals surface area contributed by atoms with Gasteiger partial charge in [-0.2, -0.15) is 0 Å². The average Bonchev–Trinajstić information content (AvgIpc) is 1.31. The Balaban J connectivity index is 3.10. The Hall–Kier alpha value is -3.48. The minimum Gasteiger partial charge on any atom is -0.463 e. The van der Waals surface area contributed by atoms with Crippen LogP contribution in [-0.2, 0) is 38.1 Å². The third kappa shape index (κ3) is 67.1. The Morgan fingerprint density at radius 2 is 0.422 bits per heavy atom. The molecule has 1 saturated heterocycles. The SMILES string of the molecule is CCCCCC/C=C\CCCCCCCC(=O)OCC(O)CN1CCCN(CC(O)COC(=O)CCCCCCC/C=C\CCCCCC)CCN(CC(O)COC(=O)CCCCCCC/C=C\CCCCCC)CCCN(CC(O)COC(=O)CCCCCCC/C=C\CCCCCC)CC1. The number of ether oxygens (including phenoxy) is 4. The summed E-state index contributed by atoms with van der Waals surface area (Å²) in [5.74, 6) is -1.21.